The number of methoxy groups -OCH3 is 2. The first-order valence-corrected chi connectivity index (χ1v) is 34.7. The van der Waals surface area contributed by atoms with Crippen LogP contribution in [0.15, 0.2) is 91.5 Å². The molecule has 3 aromatic carbocycles. The summed E-state index contributed by atoms with van der Waals surface area (Å²) in [5.41, 5.74) is 2.50. The van der Waals surface area contributed by atoms with Crippen LogP contribution in [-0.2, 0) is 116 Å². The van der Waals surface area contributed by atoms with Crippen molar-refractivity contribution in [3.05, 3.63) is 124 Å². The third-order valence-corrected chi connectivity index (χ3v) is 17.3. The summed E-state index contributed by atoms with van der Waals surface area (Å²) in [6.45, 7) is 19.9. The van der Waals surface area contributed by atoms with Gasteiger partial charge in [-0.1, -0.05) is 120 Å². The molecule has 3 aromatic rings. The zero-order valence-corrected chi connectivity index (χ0v) is 60.4. The number of hydrogen-bond acceptors (Lipinski definition) is 20. The average molecular weight is 1420 g/mol. The lowest BCUT2D eigenvalue weighted by Crippen LogP contribution is -2.51. The van der Waals surface area contributed by atoms with Crippen LogP contribution in [0.4, 0.5) is 0 Å². The van der Waals surface area contributed by atoms with Crippen LogP contribution in [-0.4, -0.2) is 181 Å². The molecule has 0 radical (unpaired) electrons. The first-order valence-electron chi connectivity index (χ1n) is 34.3. The van der Waals surface area contributed by atoms with E-state index >= 15 is 0 Å². The van der Waals surface area contributed by atoms with Crippen molar-refractivity contribution in [2.75, 3.05) is 86.7 Å². The Morgan fingerprint density at radius 1 is 0.760 bits per heavy atom. The van der Waals surface area contributed by atoms with Crippen molar-refractivity contribution in [2.24, 2.45) is 29.1 Å². The maximum absolute atomic E-state index is 14.0. The number of amides is 4. The molecule has 100 heavy (non-hydrogen) atoms. The summed E-state index contributed by atoms with van der Waals surface area (Å²) in [6, 6.07) is 17.8. The highest BCUT2D eigenvalue weighted by Crippen LogP contribution is 2.45. The Hall–Kier alpha value is -7.87. The summed E-state index contributed by atoms with van der Waals surface area (Å²) in [5, 5.41) is 8.67. The predicted molar refractivity (Wildman–Crippen MR) is 371 cm³/mol. The molecule has 4 amide bonds. The largest absolute Gasteiger partial charge is 0.495 e. The number of hydrogen-bond donors (Lipinski definition) is 3. The van der Waals surface area contributed by atoms with Gasteiger partial charge in [-0.15, -0.1) is 0 Å². The fourth-order valence-corrected chi connectivity index (χ4v) is 11.0. The van der Waals surface area contributed by atoms with Crippen LogP contribution in [0.1, 0.15) is 134 Å². The molecule has 5 rings (SSSR count). The van der Waals surface area contributed by atoms with E-state index in [0.717, 1.165) is 11.1 Å². The molecule has 0 aliphatic carbocycles. The second kappa shape index (κ2) is 43.1. The molecule has 1 saturated heterocycles. The highest BCUT2D eigenvalue weighted by molar-refractivity contribution is 6.32. The van der Waals surface area contributed by atoms with E-state index < -0.39 is 89.2 Å². The van der Waals surface area contributed by atoms with E-state index in [4.69, 9.17) is 59.0 Å². The fourth-order valence-electron chi connectivity index (χ4n) is 10.7. The van der Waals surface area contributed by atoms with Crippen molar-refractivity contribution in [3.63, 3.8) is 0 Å². The van der Waals surface area contributed by atoms with Crippen LogP contribution in [0.25, 0.3) is 0 Å². The number of carbonyl (C=O) groups excluding carboxylic acids is 10. The number of cyclic esters (lactones) is 2. The number of nitrogens with zero attached hydrogens (tertiary/aromatic N) is 1. The van der Waals surface area contributed by atoms with Gasteiger partial charge in [0.2, 0.25) is 23.6 Å². The number of esters is 4. The van der Waals surface area contributed by atoms with E-state index in [-0.39, 0.29) is 139 Å². The van der Waals surface area contributed by atoms with Gasteiger partial charge in [-0.3, -0.25) is 43.2 Å². The molecule has 25 heteroatoms. The van der Waals surface area contributed by atoms with Crippen LogP contribution >= 0.6 is 11.6 Å². The van der Waals surface area contributed by atoms with Gasteiger partial charge < -0.3 is 68.2 Å². The molecule has 0 unspecified atom stereocenters. The highest BCUT2D eigenvalue weighted by atomic mass is 35.5. The van der Waals surface area contributed by atoms with Crippen LogP contribution in [0.2, 0.25) is 5.02 Å². The van der Waals surface area contributed by atoms with Crippen LogP contribution in [0.5, 0.6) is 5.75 Å². The third-order valence-electron chi connectivity index (χ3n) is 17.0. The molecule has 2 aliphatic rings. The Morgan fingerprint density at radius 3 is 2.03 bits per heavy atom. The van der Waals surface area contributed by atoms with Gasteiger partial charge in [0.05, 0.1) is 88.8 Å². The predicted octanol–water partition coefficient (Wildman–Crippen LogP) is 8.07. The van der Waals surface area contributed by atoms with Crippen LogP contribution < -0.4 is 20.7 Å². The number of aryl methyl sites for hydroxylation is 1. The number of ketones is 2. The Morgan fingerprint density at radius 2 is 1.39 bits per heavy atom. The standard InChI is InChI=1S/C75H103ClN4O20/c1-12-33-96-68(86)29-32-80(66(84)30-34-93-37-38-95-40-39-94-36-35-91-10)31-28-57(81)45-58(49(4)5)71(87)78-51(7)61(82)44-53-16-18-54(19-17-53)46-97-67(85)27-23-52-20-24-56(25-21-52)70-69(100-70)50(6)62-14-13-15-65(83)79-60(43-55-22-26-63(92-11)59(76)42-55)72(88)77-47-75(8,9)74(90)99-64(41-48(2)3)73(89)98-62/h12-13,15-22,24-26,42,48-51,58,60,62,64,69-70H,1,14,23,27-41,43-47H2,2-11H3,(H,77,88)(H,78,87)(H,79,83)/b15-13+/t50-,51-,58-,60+,62-,64-,69+,70+/m0/s1. The Kier molecular flexibility index (Phi) is 35.6. The van der Waals surface area contributed by atoms with Crippen molar-refractivity contribution >= 4 is 70.7 Å². The summed E-state index contributed by atoms with van der Waals surface area (Å²) < 4.78 is 55.5. The van der Waals surface area contributed by atoms with Crippen molar-refractivity contribution in [1.29, 1.82) is 0 Å². The molecule has 3 N–H and O–H groups in total. The lowest BCUT2D eigenvalue weighted by molar-refractivity contribution is -0.179. The van der Waals surface area contributed by atoms with Crippen molar-refractivity contribution < 1.29 is 95.3 Å². The molecular weight excluding hydrogens is 1310 g/mol. The topological polar surface area (TPSA) is 306 Å². The number of rotatable bonds is 41. The normalized spacial score (nSPS) is 19.2. The second-order valence-corrected chi connectivity index (χ2v) is 26.9. The van der Waals surface area contributed by atoms with E-state index in [9.17, 15) is 47.9 Å². The molecule has 8 atom stereocenters. The van der Waals surface area contributed by atoms with E-state index in [1.54, 1.807) is 76.4 Å². The van der Waals surface area contributed by atoms with Gasteiger partial charge in [-0.2, -0.15) is 0 Å². The summed E-state index contributed by atoms with van der Waals surface area (Å²) in [7, 11) is 3.08. The summed E-state index contributed by atoms with van der Waals surface area (Å²) in [6.07, 6.45) is 2.05. The molecular formula is C75H103ClN4O20. The number of epoxide rings is 1. The van der Waals surface area contributed by atoms with Gasteiger partial charge in [0.15, 0.2) is 11.9 Å². The number of nitrogens with one attached hydrogen (secondary N) is 3. The van der Waals surface area contributed by atoms with Crippen LogP contribution in [0.3, 0.4) is 0 Å². The number of halogens is 1. The number of carbonyl (C=O) groups is 10. The number of Topliss-reactive ketones (excluding diaryl/α,β-unsaturated/α-hetero) is 2. The minimum absolute atomic E-state index is 0.00447. The molecule has 2 aliphatic heterocycles. The Labute approximate surface area is 592 Å². The minimum Gasteiger partial charge on any atom is -0.495 e. The zero-order chi connectivity index (χ0) is 73.3. The smallest absolute Gasteiger partial charge is 0.347 e. The van der Waals surface area contributed by atoms with Gasteiger partial charge in [-0.05, 0) is 91.5 Å². The van der Waals surface area contributed by atoms with Crippen LogP contribution in [0, 0.1) is 29.1 Å². The average Bonchev–Trinajstić information content (AvgIpc) is 1.62. The second-order valence-electron chi connectivity index (χ2n) is 26.5. The lowest BCUT2D eigenvalue weighted by Gasteiger charge is -2.29. The fraction of sp³-hybridized carbons (Fsp3) is 0.573. The minimum atomic E-state index is -1.28. The Bertz CT molecular complexity index is 3210. The molecule has 0 saturated carbocycles. The first kappa shape index (κ1) is 82.8. The molecule has 1 fully saturated rings. The van der Waals surface area contributed by atoms with Gasteiger partial charge in [0.25, 0.3) is 0 Å². The summed E-state index contributed by atoms with van der Waals surface area (Å²) >= 11 is 6.40. The van der Waals surface area contributed by atoms with Gasteiger partial charge in [-0.25, -0.2) is 4.79 Å². The van der Waals surface area contributed by atoms with E-state index in [0.29, 0.717) is 66.9 Å². The first-order chi connectivity index (χ1) is 47.7. The number of ether oxygens (including phenoxy) is 10. The third kappa shape index (κ3) is 29.4. The van der Waals surface area contributed by atoms with E-state index in [2.05, 4.69) is 22.5 Å². The maximum atomic E-state index is 14.0. The lowest BCUT2D eigenvalue weighted by atomic mass is 9.88. The SMILES string of the molecule is C=CCOC(=O)CCN(CCC(=O)C[C@H](C(=O)N[C@@H](C)C(=O)Cc1ccc(COC(=O)CCc2ccc([C@H]3O[C@@H]3[C@@H](C)[C@@H]3C/C=C/C(=O)N[C@H](Cc4ccc(OC)c(Cl)c4)C(=O)NCC(C)(C)C(=O)O[C@@H](CC(C)C)C(=O)O3)cc2)cc1)C(C)C)C(=O)CCOCCOCCOCCOC. The van der Waals surface area contributed by atoms with E-state index in [1.165, 1.54) is 24.2 Å². The molecule has 0 aromatic heterocycles. The molecule has 24 nitrogen and oxygen atoms in total. The number of benzene rings is 3. The van der Waals surface area contributed by atoms with Crippen molar-refractivity contribution in [3.8, 4) is 5.75 Å². The monoisotopic (exact) mass is 1410 g/mol. The highest BCUT2D eigenvalue weighted by Gasteiger charge is 2.48. The van der Waals surface area contributed by atoms with E-state index in [1.807, 2.05) is 58.9 Å². The van der Waals surface area contributed by atoms with Gasteiger partial charge in [0, 0.05) is 77.1 Å². The molecule has 2 heterocycles. The van der Waals surface area contributed by atoms with Crippen molar-refractivity contribution in [2.45, 2.75) is 163 Å². The zero-order valence-electron chi connectivity index (χ0n) is 59.6. The Balaban J connectivity index is 1.08. The van der Waals surface area contributed by atoms with Gasteiger partial charge in [0.1, 0.15) is 43.0 Å². The summed E-state index contributed by atoms with van der Waals surface area (Å²) in [4.78, 5) is 135. The molecule has 0 spiro atoms. The van der Waals surface area contributed by atoms with Crippen molar-refractivity contribution in [1.82, 2.24) is 20.9 Å². The maximum Gasteiger partial charge on any atom is 0.347 e. The molecule has 550 valence electrons. The quantitative estimate of drug-likeness (QED) is 0.0159. The van der Waals surface area contributed by atoms with Gasteiger partial charge >= 0.3 is 23.9 Å². The summed E-state index contributed by atoms with van der Waals surface area (Å²) in [5.74, 6) is -5.83. The molecule has 0 bridgehead atoms.